The zero-order chi connectivity index (χ0) is 16.6. The third-order valence-electron chi connectivity index (χ3n) is 7.90. The molecule has 0 aromatic carbocycles. The highest BCUT2D eigenvalue weighted by atomic mass is 16.3. The quantitative estimate of drug-likeness (QED) is 0.717. The predicted octanol–water partition coefficient (Wildman–Crippen LogP) is 2.11. The molecule has 4 nitrogen and oxygen atoms in total. The molecule has 2 N–H and O–H groups in total. The summed E-state index contributed by atoms with van der Waals surface area (Å²) in [6.07, 6.45) is 3.69. The van der Waals surface area contributed by atoms with E-state index >= 15 is 0 Å². The summed E-state index contributed by atoms with van der Waals surface area (Å²) in [5, 5.41) is 20.9. The Morgan fingerprint density at radius 1 is 1.09 bits per heavy atom. The zero-order valence-electron chi connectivity index (χ0n) is 14.1. The van der Waals surface area contributed by atoms with Crippen LogP contribution in [0.15, 0.2) is 0 Å². The minimum Gasteiger partial charge on any atom is -0.393 e. The second-order valence-electron chi connectivity index (χ2n) is 9.31. The van der Waals surface area contributed by atoms with Gasteiger partial charge in [0.25, 0.3) is 0 Å². The van der Waals surface area contributed by atoms with E-state index in [-0.39, 0.29) is 52.2 Å². The lowest BCUT2D eigenvalue weighted by Crippen LogP contribution is -2.61. The van der Waals surface area contributed by atoms with Gasteiger partial charge in [0, 0.05) is 25.2 Å². The van der Waals surface area contributed by atoms with E-state index in [0.29, 0.717) is 32.1 Å². The van der Waals surface area contributed by atoms with Crippen LogP contribution in [0.2, 0.25) is 0 Å². The van der Waals surface area contributed by atoms with Crippen LogP contribution < -0.4 is 0 Å². The first-order valence-corrected chi connectivity index (χ1v) is 9.15. The number of aliphatic hydroxyl groups is 2. The molecule has 0 heterocycles. The van der Waals surface area contributed by atoms with Crippen molar-refractivity contribution in [3.05, 3.63) is 0 Å². The summed E-state index contributed by atoms with van der Waals surface area (Å²) in [5.74, 6) is 0.678. The lowest BCUT2D eigenvalue weighted by atomic mass is 9.44. The molecule has 0 saturated heterocycles. The number of carbonyl (C=O) groups excluding carboxylic acids is 2. The number of Topliss-reactive ketones (excluding diaryl/α,β-unsaturated/α-hetero) is 2. The van der Waals surface area contributed by atoms with Gasteiger partial charge in [-0.3, -0.25) is 9.59 Å². The summed E-state index contributed by atoms with van der Waals surface area (Å²) in [6, 6.07) is 0. The van der Waals surface area contributed by atoms with Gasteiger partial charge in [-0.2, -0.15) is 0 Å². The largest absolute Gasteiger partial charge is 0.393 e. The minimum atomic E-state index is -0.511. The Morgan fingerprint density at radius 2 is 1.83 bits per heavy atom. The molecule has 8 unspecified atom stereocenters. The molecule has 0 aromatic heterocycles. The first kappa shape index (κ1) is 15.8. The van der Waals surface area contributed by atoms with Crippen molar-refractivity contribution in [2.24, 2.45) is 34.5 Å². The van der Waals surface area contributed by atoms with E-state index < -0.39 is 6.10 Å². The van der Waals surface area contributed by atoms with Gasteiger partial charge in [0.15, 0.2) is 0 Å². The Balaban J connectivity index is 1.75. The van der Waals surface area contributed by atoms with Crippen LogP contribution in [0.5, 0.6) is 0 Å². The van der Waals surface area contributed by atoms with Crippen molar-refractivity contribution < 1.29 is 19.8 Å². The van der Waals surface area contributed by atoms with Crippen LogP contribution in [0.25, 0.3) is 0 Å². The van der Waals surface area contributed by atoms with Crippen molar-refractivity contribution in [2.75, 3.05) is 0 Å². The third-order valence-corrected chi connectivity index (χ3v) is 7.90. The van der Waals surface area contributed by atoms with E-state index in [1.54, 1.807) is 0 Å². The summed E-state index contributed by atoms with van der Waals surface area (Å²) < 4.78 is 0. The molecule has 0 bridgehead atoms. The van der Waals surface area contributed by atoms with Crippen LogP contribution in [0.4, 0.5) is 0 Å². The average molecular weight is 320 g/mol. The SMILES string of the molecule is CC12CC(=O)CC1C1C(O)CC3CC(O)CCC3(C)C1C(=O)C2. The lowest BCUT2D eigenvalue weighted by Gasteiger charge is -2.60. The Morgan fingerprint density at radius 3 is 2.57 bits per heavy atom. The molecule has 0 radical (unpaired) electrons. The number of hydrogen-bond donors (Lipinski definition) is 2. The molecule has 4 rings (SSSR count). The van der Waals surface area contributed by atoms with Crippen molar-refractivity contribution in [2.45, 2.75) is 71.0 Å². The number of fused-ring (bicyclic) bond motifs is 5. The maximum Gasteiger partial charge on any atom is 0.137 e. The van der Waals surface area contributed by atoms with Crippen LogP contribution in [0.3, 0.4) is 0 Å². The van der Waals surface area contributed by atoms with E-state index in [9.17, 15) is 19.8 Å². The fourth-order valence-electron chi connectivity index (χ4n) is 6.81. The smallest absolute Gasteiger partial charge is 0.137 e. The molecule has 4 aliphatic rings. The molecular weight excluding hydrogens is 292 g/mol. The topological polar surface area (TPSA) is 74.6 Å². The predicted molar refractivity (Wildman–Crippen MR) is 84.5 cm³/mol. The van der Waals surface area contributed by atoms with E-state index in [4.69, 9.17) is 0 Å². The van der Waals surface area contributed by atoms with Crippen LogP contribution >= 0.6 is 0 Å². The second kappa shape index (κ2) is 4.89. The van der Waals surface area contributed by atoms with Gasteiger partial charge in [-0.1, -0.05) is 13.8 Å². The molecule has 0 amide bonds. The molecule has 0 spiro atoms. The van der Waals surface area contributed by atoms with Crippen LogP contribution in [0, 0.1) is 34.5 Å². The van der Waals surface area contributed by atoms with Gasteiger partial charge in [0.05, 0.1) is 12.2 Å². The molecular formula is C19H28O4. The molecule has 4 fully saturated rings. The summed E-state index contributed by atoms with van der Waals surface area (Å²) in [4.78, 5) is 25.2. The van der Waals surface area contributed by atoms with E-state index in [1.807, 2.05) is 0 Å². The van der Waals surface area contributed by atoms with Crippen molar-refractivity contribution >= 4 is 11.6 Å². The van der Waals surface area contributed by atoms with E-state index in [2.05, 4.69) is 13.8 Å². The van der Waals surface area contributed by atoms with Crippen LogP contribution in [0.1, 0.15) is 58.8 Å². The fourth-order valence-corrected chi connectivity index (χ4v) is 6.81. The maximum atomic E-state index is 13.1. The normalized spacial score (nSPS) is 56.0. The molecule has 8 atom stereocenters. The molecule has 0 aliphatic heterocycles. The zero-order valence-corrected chi connectivity index (χ0v) is 14.1. The second-order valence-corrected chi connectivity index (χ2v) is 9.31. The van der Waals surface area contributed by atoms with Gasteiger partial charge in [-0.25, -0.2) is 0 Å². The Hall–Kier alpha value is -0.740. The minimum absolute atomic E-state index is 0.0656. The number of carbonyl (C=O) groups is 2. The third kappa shape index (κ3) is 2.10. The van der Waals surface area contributed by atoms with Gasteiger partial charge in [0.2, 0.25) is 0 Å². The van der Waals surface area contributed by atoms with Crippen molar-refractivity contribution in [1.29, 1.82) is 0 Å². The van der Waals surface area contributed by atoms with Gasteiger partial charge < -0.3 is 10.2 Å². The van der Waals surface area contributed by atoms with Crippen LogP contribution in [-0.2, 0) is 9.59 Å². The monoisotopic (exact) mass is 320 g/mol. The number of rotatable bonds is 0. The Kier molecular flexibility index (Phi) is 3.35. The van der Waals surface area contributed by atoms with Crippen molar-refractivity contribution in [1.82, 2.24) is 0 Å². The summed E-state index contributed by atoms with van der Waals surface area (Å²) in [5.41, 5.74) is -0.360. The molecule has 0 aromatic rings. The average Bonchev–Trinajstić information content (AvgIpc) is 2.74. The number of hydrogen-bond acceptors (Lipinski definition) is 4. The van der Waals surface area contributed by atoms with Crippen molar-refractivity contribution in [3.63, 3.8) is 0 Å². The first-order chi connectivity index (χ1) is 10.7. The fraction of sp³-hybridized carbons (Fsp3) is 0.895. The van der Waals surface area contributed by atoms with E-state index in [1.165, 1.54) is 0 Å². The summed E-state index contributed by atoms with van der Waals surface area (Å²) in [6.45, 7) is 4.27. The maximum absolute atomic E-state index is 13.1. The summed E-state index contributed by atoms with van der Waals surface area (Å²) in [7, 11) is 0. The molecule has 4 saturated carbocycles. The van der Waals surface area contributed by atoms with Gasteiger partial charge in [-0.05, 0) is 54.3 Å². The summed E-state index contributed by atoms with van der Waals surface area (Å²) >= 11 is 0. The highest BCUT2D eigenvalue weighted by Gasteiger charge is 2.64. The molecule has 23 heavy (non-hydrogen) atoms. The number of ketones is 2. The lowest BCUT2D eigenvalue weighted by molar-refractivity contribution is -0.179. The van der Waals surface area contributed by atoms with Crippen LogP contribution in [-0.4, -0.2) is 34.0 Å². The Bertz CT molecular complexity index is 558. The molecule has 4 heteroatoms. The first-order valence-electron chi connectivity index (χ1n) is 9.15. The van der Waals surface area contributed by atoms with E-state index in [0.717, 1.165) is 12.8 Å². The molecule has 128 valence electrons. The van der Waals surface area contributed by atoms with Gasteiger partial charge in [-0.15, -0.1) is 0 Å². The number of aliphatic hydroxyl groups excluding tert-OH is 2. The molecule has 4 aliphatic carbocycles. The van der Waals surface area contributed by atoms with Crippen molar-refractivity contribution in [3.8, 4) is 0 Å². The highest BCUT2D eigenvalue weighted by molar-refractivity contribution is 5.89. The Labute approximate surface area is 137 Å². The van der Waals surface area contributed by atoms with Gasteiger partial charge >= 0.3 is 0 Å². The van der Waals surface area contributed by atoms with Gasteiger partial charge in [0.1, 0.15) is 11.6 Å². The highest BCUT2D eigenvalue weighted by Crippen LogP contribution is 2.64. The standard InChI is InChI=1S/C19H28O4/c1-18-8-12(21)7-13(18)16-14(22)6-10-5-11(20)3-4-19(10,2)17(16)15(23)9-18/h10-11,13-14,16-17,20,22H,3-9H2,1-2H3.